The molecule has 0 amide bonds. The summed E-state index contributed by atoms with van der Waals surface area (Å²) in [5.41, 5.74) is 0.413. The Morgan fingerprint density at radius 3 is 2.81 bits per heavy atom. The van der Waals surface area contributed by atoms with Gasteiger partial charge in [-0.3, -0.25) is 4.98 Å². The van der Waals surface area contributed by atoms with E-state index in [2.05, 4.69) is 20.9 Å². The van der Waals surface area contributed by atoms with E-state index in [0.29, 0.717) is 16.3 Å². The standard InChI is InChI=1S/C13H16BrNO/c14-11-8-12(13(11)5-1-2-6-13)16-10-4-3-7-15-9-10/h3-4,7,9,11-12H,1-2,5-6,8H2. The Morgan fingerprint density at radius 2 is 2.19 bits per heavy atom. The predicted molar refractivity (Wildman–Crippen MR) is 66.9 cm³/mol. The summed E-state index contributed by atoms with van der Waals surface area (Å²) in [5.74, 6) is 0.915. The molecule has 1 aromatic rings. The average Bonchev–Trinajstić information content (AvgIpc) is 2.82. The zero-order chi connectivity index (χ0) is 11.0. The summed E-state index contributed by atoms with van der Waals surface area (Å²) in [4.78, 5) is 4.75. The van der Waals surface area contributed by atoms with Gasteiger partial charge in [0.1, 0.15) is 11.9 Å². The molecule has 1 aromatic heterocycles. The summed E-state index contributed by atoms with van der Waals surface area (Å²) in [5, 5.41) is 0. The van der Waals surface area contributed by atoms with Crippen LogP contribution >= 0.6 is 15.9 Å². The summed E-state index contributed by atoms with van der Waals surface area (Å²) in [6.07, 6.45) is 10.5. The molecule has 0 N–H and O–H groups in total. The van der Waals surface area contributed by atoms with Crippen molar-refractivity contribution in [2.45, 2.75) is 43.0 Å². The second kappa shape index (κ2) is 4.02. The highest BCUT2D eigenvalue weighted by Gasteiger charge is 2.56. The Labute approximate surface area is 105 Å². The van der Waals surface area contributed by atoms with Crippen LogP contribution in [-0.2, 0) is 0 Å². The molecule has 1 spiro atoms. The maximum absolute atomic E-state index is 6.07. The number of nitrogens with zero attached hydrogens (tertiary/aromatic N) is 1. The second-order valence-electron chi connectivity index (χ2n) is 4.94. The molecule has 2 atom stereocenters. The smallest absolute Gasteiger partial charge is 0.138 e. The van der Waals surface area contributed by atoms with Crippen molar-refractivity contribution in [3.05, 3.63) is 24.5 Å². The van der Waals surface area contributed by atoms with Gasteiger partial charge < -0.3 is 4.74 Å². The van der Waals surface area contributed by atoms with Crippen LogP contribution < -0.4 is 4.74 Å². The molecule has 0 bridgehead atoms. The van der Waals surface area contributed by atoms with Crippen LogP contribution in [0.5, 0.6) is 5.75 Å². The van der Waals surface area contributed by atoms with Crippen LogP contribution in [0, 0.1) is 5.41 Å². The van der Waals surface area contributed by atoms with Crippen LogP contribution in [0.4, 0.5) is 0 Å². The summed E-state index contributed by atoms with van der Waals surface area (Å²) < 4.78 is 6.07. The molecule has 0 saturated heterocycles. The van der Waals surface area contributed by atoms with Crippen molar-refractivity contribution < 1.29 is 4.74 Å². The van der Waals surface area contributed by atoms with E-state index >= 15 is 0 Å². The molecular formula is C13H16BrNO. The monoisotopic (exact) mass is 281 g/mol. The van der Waals surface area contributed by atoms with Crippen LogP contribution in [0.2, 0.25) is 0 Å². The number of aromatic nitrogens is 1. The molecule has 2 unspecified atom stereocenters. The quantitative estimate of drug-likeness (QED) is 0.774. The molecule has 0 radical (unpaired) electrons. The van der Waals surface area contributed by atoms with E-state index in [1.165, 1.54) is 25.7 Å². The fourth-order valence-corrected chi connectivity index (χ4v) is 4.21. The molecule has 2 nitrogen and oxygen atoms in total. The third kappa shape index (κ3) is 1.56. The third-order valence-corrected chi connectivity index (χ3v) is 5.42. The van der Waals surface area contributed by atoms with Crippen molar-refractivity contribution in [2.24, 2.45) is 5.41 Å². The lowest BCUT2D eigenvalue weighted by atomic mass is 9.64. The lowest BCUT2D eigenvalue weighted by molar-refractivity contribution is -0.0305. The van der Waals surface area contributed by atoms with Crippen LogP contribution in [0.3, 0.4) is 0 Å². The third-order valence-electron chi connectivity index (χ3n) is 4.13. The Balaban J connectivity index is 1.73. The summed E-state index contributed by atoms with van der Waals surface area (Å²) in [6, 6.07) is 3.93. The van der Waals surface area contributed by atoms with E-state index in [0.717, 1.165) is 12.2 Å². The first-order valence-corrected chi connectivity index (χ1v) is 6.94. The molecule has 1 heterocycles. The Kier molecular flexibility index (Phi) is 2.66. The highest BCUT2D eigenvalue weighted by atomic mass is 79.9. The first kappa shape index (κ1) is 10.6. The van der Waals surface area contributed by atoms with Gasteiger partial charge in [0.2, 0.25) is 0 Å². The lowest BCUT2D eigenvalue weighted by Crippen LogP contribution is -2.55. The van der Waals surface area contributed by atoms with E-state index in [1.54, 1.807) is 6.20 Å². The zero-order valence-corrected chi connectivity index (χ0v) is 10.8. The topological polar surface area (TPSA) is 22.1 Å². The molecular weight excluding hydrogens is 266 g/mol. The van der Waals surface area contributed by atoms with Crippen LogP contribution in [-0.4, -0.2) is 15.9 Å². The van der Waals surface area contributed by atoms with Crippen molar-refractivity contribution in [1.29, 1.82) is 0 Å². The number of pyridine rings is 1. The average molecular weight is 282 g/mol. The van der Waals surface area contributed by atoms with Crippen molar-refractivity contribution in [1.82, 2.24) is 4.98 Å². The van der Waals surface area contributed by atoms with Gasteiger partial charge in [-0.1, -0.05) is 28.8 Å². The largest absolute Gasteiger partial charge is 0.488 e. The van der Waals surface area contributed by atoms with Gasteiger partial charge in [-0.2, -0.15) is 0 Å². The lowest BCUT2D eigenvalue weighted by Gasteiger charge is -2.51. The minimum atomic E-state index is 0.392. The van der Waals surface area contributed by atoms with Gasteiger partial charge in [-0.15, -0.1) is 0 Å². The summed E-state index contributed by atoms with van der Waals surface area (Å²) in [7, 11) is 0. The maximum Gasteiger partial charge on any atom is 0.138 e. The fraction of sp³-hybridized carbons (Fsp3) is 0.615. The highest BCUT2D eigenvalue weighted by Crippen LogP contribution is 2.57. The molecule has 2 aliphatic carbocycles. The zero-order valence-electron chi connectivity index (χ0n) is 9.23. The fourth-order valence-electron chi connectivity index (χ4n) is 3.11. The molecule has 3 heteroatoms. The molecule has 0 aliphatic heterocycles. The number of hydrogen-bond donors (Lipinski definition) is 0. The van der Waals surface area contributed by atoms with Crippen molar-refractivity contribution in [3.63, 3.8) is 0 Å². The van der Waals surface area contributed by atoms with E-state index in [1.807, 2.05) is 18.3 Å². The van der Waals surface area contributed by atoms with Crippen LogP contribution in [0.1, 0.15) is 32.1 Å². The number of halogens is 1. The summed E-state index contributed by atoms with van der Waals surface area (Å²) in [6.45, 7) is 0. The van der Waals surface area contributed by atoms with Gasteiger partial charge in [0.05, 0.1) is 6.20 Å². The first-order valence-electron chi connectivity index (χ1n) is 6.02. The van der Waals surface area contributed by atoms with Crippen LogP contribution in [0.15, 0.2) is 24.5 Å². The molecule has 2 aliphatic rings. The minimum Gasteiger partial charge on any atom is -0.488 e. The molecule has 0 aromatic carbocycles. The SMILES string of the molecule is BrC1CC(Oc2cccnc2)C12CCCC2. The molecule has 16 heavy (non-hydrogen) atoms. The Hall–Kier alpha value is -0.570. The Bertz CT molecular complexity index is 361. The number of alkyl halides is 1. The number of hydrogen-bond acceptors (Lipinski definition) is 2. The first-order chi connectivity index (χ1) is 7.81. The van der Waals surface area contributed by atoms with Crippen molar-refractivity contribution >= 4 is 15.9 Å². The van der Waals surface area contributed by atoms with E-state index in [-0.39, 0.29) is 0 Å². The van der Waals surface area contributed by atoms with Gasteiger partial charge in [0.15, 0.2) is 0 Å². The van der Waals surface area contributed by atoms with Gasteiger partial charge in [0.25, 0.3) is 0 Å². The molecule has 2 fully saturated rings. The van der Waals surface area contributed by atoms with Gasteiger partial charge in [-0.05, 0) is 31.4 Å². The van der Waals surface area contributed by atoms with E-state index in [9.17, 15) is 0 Å². The van der Waals surface area contributed by atoms with Gasteiger partial charge >= 0.3 is 0 Å². The maximum atomic E-state index is 6.07. The van der Waals surface area contributed by atoms with Crippen LogP contribution in [0.25, 0.3) is 0 Å². The molecule has 86 valence electrons. The number of ether oxygens (including phenoxy) is 1. The normalized spacial score (nSPS) is 31.3. The molecule has 3 rings (SSSR count). The summed E-state index contributed by atoms with van der Waals surface area (Å²) >= 11 is 3.80. The van der Waals surface area contributed by atoms with E-state index in [4.69, 9.17) is 4.74 Å². The van der Waals surface area contributed by atoms with E-state index < -0.39 is 0 Å². The highest BCUT2D eigenvalue weighted by molar-refractivity contribution is 9.09. The number of rotatable bonds is 2. The Morgan fingerprint density at radius 1 is 1.38 bits per heavy atom. The van der Waals surface area contributed by atoms with Gasteiger partial charge in [-0.25, -0.2) is 0 Å². The predicted octanol–water partition coefficient (Wildman–Crippen LogP) is 3.56. The second-order valence-corrected chi connectivity index (χ2v) is 6.04. The molecule has 2 saturated carbocycles. The van der Waals surface area contributed by atoms with Crippen molar-refractivity contribution in [3.8, 4) is 5.75 Å². The van der Waals surface area contributed by atoms with Gasteiger partial charge in [0, 0.05) is 16.4 Å². The van der Waals surface area contributed by atoms with Crippen molar-refractivity contribution in [2.75, 3.05) is 0 Å². The minimum absolute atomic E-state index is 0.392.